The van der Waals surface area contributed by atoms with E-state index in [4.69, 9.17) is 5.73 Å². The summed E-state index contributed by atoms with van der Waals surface area (Å²) in [5.74, 6) is -1.30. The minimum absolute atomic E-state index is 0.113. The molecule has 1 amide bonds. The van der Waals surface area contributed by atoms with E-state index in [-0.39, 0.29) is 11.7 Å². The second kappa shape index (κ2) is 4.59. The molecule has 0 spiro atoms. The molecule has 1 aliphatic heterocycles. The zero-order chi connectivity index (χ0) is 14.3. The molecule has 5 nitrogen and oxygen atoms in total. The van der Waals surface area contributed by atoms with Crippen molar-refractivity contribution < 1.29 is 13.6 Å². The Bertz CT molecular complexity index is 683. The number of anilines is 1. The van der Waals surface area contributed by atoms with Crippen molar-refractivity contribution in [1.82, 2.24) is 9.78 Å². The van der Waals surface area contributed by atoms with Gasteiger partial charge in [0, 0.05) is 24.2 Å². The lowest BCUT2D eigenvalue weighted by molar-refractivity contribution is 0.0994. The minimum Gasteiger partial charge on any atom is -0.370 e. The molecule has 1 aromatic carbocycles. The van der Waals surface area contributed by atoms with Gasteiger partial charge in [0.25, 0.3) is 5.91 Å². The number of nitrogens with zero attached hydrogens (tertiary/aromatic N) is 2. The molecule has 7 heteroatoms. The summed E-state index contributed by atoms with van der Waals surface area (Å²) in [5, 5.41) is 7.16. The van der Waals surface area contributed by atoms with Crippen LogP contribution in [-0.4, -0.2) is 22.2 Å². The molecule has 20 heavy (non-hydrogen) atoms. The number of nitrogens with one attached hydrogen (secondary N) is 1. The van der Waals surface area contributed by atoms with E-state index in [0.717, 1.165) is 6.07 Å². The van der Waals surface area contributed by atoms with Crippen LogP contribution in [0.5, 0.6) is 0 Å². The van der Waals surface area contributed by atoms with Crippen molar-refractivity contribution in [2.24, 2.45) is 5.73 Å². The molecule has 0 saturated carbocycles. The third kappa shape index (κ3) is 2.01. The van der Waals surface area contributed by atoms with Crippen LogP contribution in [0.15, 0.2) is 24.3 Å². The van der Waals surface area contributed by atoms with Crippen molar-refractivity contribution in [1.29, 1.82) is 0 Å². The van der Waals surface area contributed by atoms with E-state index in [9.17, 15) is 13.6 Å². The summed E-state index contributed by atoms with van der Waals surface area (Å²) in [4.78, 5) is 11.2. The average molecular weight is 278 g/mol. The maximum Gasteiger partial charge on any atom is 0.269 e. The second-order valence-corrected chi connectivity index (χ2v) is 4.62. The van der Waals surface area contributed by atoms with Crippen LogP contribution in [0.1, 0.15) is 28.5 Å². The molecule has 2 aromatic rings. The minimum atomic E-state index is -0.646. The Morgan fingerprint density at radius 2 is 2.20 bits per heavy atom. The van der Waals surface area contributed by atoms with Gasteiger partial charge in [0.15, 0.2) is 5.69 Å². The average Bonchev–Trinajstić information content (AvgIpc) is 2.83. The molecular weight excluding hydrogens is 266 g/mol. The summed E-state index contributed by atoms with van der Waals surface area (Å²) in [6.45, 7) is 0.603. The van der Waals surface area contributed by atoms with Crippen LogP contribution in [0, 0.1) is 11.6 Å². The van der Waals surface area contributed by atoms with Gasteiger partial charge in [-0.15, -0.1) is 0 Å². The van der Waals surface area contributed by atoms with Gasteiger partial charge in [0.05, 0.1) is 6.04 Å². The number of aromatic nitrogens is 2. The highest BCUT2D eigenvalue weighted by Gasteiger charge is 2.26. The van der Waals surface area contributed by atoms with Gasteiger partial charge in [-0.2, -0.15) is 5.10 Å². The van der Waals surface area contributed by atoms with Crippen molar-refractivity contribution in [2.45, 2.75) is 12.5 Å². The molecule has 3 N–H and O–H groups in total. The standard InChI is InChI=1S/C13H12F2N4O/c14-7-1-2-8(9(15)5-7)11-3-4-17-12-6-10(13(16)20)18-19(11)12/h1-2,5-6,11,17H,3-4H2,(H2,16,20). The van der Waals surface area contributed by atoms with Crippen molar-refractivity contribution in [3.05, 3.63) is 47.2 Å². The number of rotatable bonds is 2. The van der Waals surface area contributed by atoms with Crippen molar-refractivity contribution in [2.75, 3.05) is 11.9 Å². The summed E-state index contributed by atoms with van der Waals surface area (Å²) in [7, 11) is 0. The normalized spacial score (nSPS) is 17.4. The van der Waals surface area contributed by atoms with E-state index in [0.29, 0.717) is 24.3 Å². The van der Waals surface area contributed by atoms with Crippen molar-refractivity contribution in [3.8, 4) is 0 Å². The van der Waals surface area contributed by atoms with Crippen LogP contribution in [0.3, 0.4) is 0 Å². The Labute approximate surface area is 113 Å². The summed E-state index contributed by atoms with van der Waals surface area (Å²) >= 11 is 0. The largest absolute Gasteiger partial charge is 0.370 e. The number of halogens is 2. The molecule has 1 unspecified atom stereocenters. The number of hydrogen-bond acceptors (Lipinski definition) is 3. The summed E-state index contributed by atoms with van der Waals surface area (Å²) in [6, 6.07) is 4.58. The third-order valence-electron chi connectivity index (χ3n) is 3.33. The Hall–Kier alpha value is -2.44. The van der Waals surface area contributed by atoms with Crippen LogP contribution in [0.4, 0.5) is 14.6 Å². The highest BCUT2D eigenvalue weighted by atomic mass is 19.1. The molecule has 1 atom stereocenters. The first-order chi connectivity index (χ1) is 9.56. The Balaban J connectivity index is 2.07. The Morgan fingerprint density at radius 3 is 2.90 bits per heavy atom. The molecule has 0 bridgehead atoms. The SMILES string of the molecule is NC(=O)c1cc2n(n1)C(c1ccc(F)cc1F)CCN2. The lowest BCUT2D eigenvalue weighted by Gasteiger charge is -2.26. The number of carbonyl (C=O) groups excluding carboxylic acids is 1. The molecule has 104 valence electrons. The molecule has 1 aromatic heterocycles. The molecule has 0 saturated heterocycles. The van der Waals surface area contributed by atoms with E-state index < -0.39 is 17.5 Å². The van der Waals surface area contributed by atoms with E-state index in [1.807, 2.05) is 0 Å². The fourth-order valence-corrected chi connectivity index (χ4v) is 2.40. The molecular formula is C13H12F2N4O. The number of hydrogen-bond donors (Lipinski definition) is 2. The fraction of sp³-hybridized carbons (Fsp3) is 0.231. The Morgan fingerprint density at radius 1 is 1.40 bits per heavy atom. The van der Waals surface area contributed by atoms with Crippen LogP contribution in [0.2, 0.25) is 0 Å². The van der Waals surface area contributed by atoms with Crippen molar-refractivity contribution >= 4 is 11.7 Å². The second-order valence-electron chi connectivity index (χ2n) is 4.62. The third-order valence-corrected chi connectivity index (χ3v) is 3.33. The number of fused-ring (bicyclic) bond motifs is 1. The van der Waals surface area contributed by atoms with Gasteiger partial charge in [-0.3, -0.25) is 4.79 Å². The molecule has 0 radical (unpaired) electrons. The summed E-state index contributed by atoms with van der Waals surface area (Å²) in [6.07, 6.45) is 0.579. The number of primary amides is 1. The lowest BCUT2D eigenvalue weighted by Crippen LogP contribution is -2.25. The van der Waals surface area contributed by atoms with E-state index in [2.05, 4.69) is 10.4 Å². The van der Waals surface area contributed by atoms with Gasteiger partial charge >= 0.3 is 0 Å². The predicted octanol–water partition coefficient (Wildman–Crippen LogP) is 1.67. The van der Waals surface area contributed by atoms with Gasteiger partial charge in [0.1, 0.15) is 17.5 Å². The first-order valence-corrected chi connectivity index (χ1v) is 6.14. The zero-order valence-electron chi connectivity index (χ0n) is 10.4. The molecule has 0 aliphatic carbocycles. The van der Waals surface area contributed by atoms with Gasteiger partial charge in [-0.05, 0) is 12.5 Å². The maximum atomic E-state index is 13.9. The lowest BCUT2D eigenvalue weighted by atomic mass is 10.0. The molecule has 3 rings (SSSR count). The van der Waals surface area contributed by atoms with Gasteiger partial charge in [-0.1, -0.05) is 6.07 Å². The number of benzene rings is 1. The highest BCUT2D eigenvalue weighted by molar-refractivity contribution is 5.91. The number of nitrogens with two attached hydrogens (primary N) is 1. The first-order valence-electron chi connectivity index (χ1n) is 6.14. The van der Waals surface area contributed by atoms with Gasteiger partial charge < -0.3 is 11.1 Å². The van der Waals surface area contributed by atoms with E-state index in [1.165, 1.54) is 22.9 Å². The van der Waals surface area contributed by atoms with Crippen LogP contribution in [-0.2, 0) is 0 Å². The summed E-state index contributed by atoms with van der Waals surface area (Å²) < 4.78 is 28.4. The van der Waals surface area contributed by atoms with Crippen LogP contribution >= 0.6 is 0 Å². The molecule has 1 aliphatic rings. The Kier molecular flexibility index (Phi) is 2.89. The van der Waals surface area contributed by atoms with Crippen LogP contribution in [0.25, 0.3) is 0 Å². The topological polar surface area (TPSA) is 72.9 Å². The molecule has 0 fully saturated rings. The number of amides is 1. The highest BCUT2D eigenvalue weighted by Crippen LogP contribution is 2.31. The maximum absolute atomic E-state index is 13.9. The zero-order valence-corrected chi connectivity index (χ0v) is 10.4. The van der Waals surface area contributed by atoms with Gasteiger partial charge in [-0.25, -0.2) is 13.5 Å². The smallest absolute Gasteiger partial charge is 0.269 e. The van der Waals surface area contributed by atoms with Crippen molar-refractivity contribution in [3.63, 3.8) is 0 Å². The predicted molar refractivity (Wildman–Crippen MR) is 68.3 cm³/mol. The first kappa shape index (κ1) is 12.6. The number of carbonyl (C=O) groups is 1. The summed E-state index contributed by atoms with van der Waals surface area (Å²) in [5.41, 5.74) is 5.65. The fourth-order valence-electron chi connectivity index (χ4n) is 2.40. The quantitative estimate of drug-likeness (QED) is 0.877. The molecule has 2 heterocycles. The van der Waals surface area contributed by atoms with E-state index >= 15 is 0 Å². The monoisotopic (exact) mass is 278 g/mol. The van der Waals surface area contributed by atoms with Crippen LogP contribution < -0.4 is 11.1 Å². The van der Waals surface area contributed by atoms with E-state index in [1.54, 1.807) is 0 Å². The van der Waals surface area contributed by atoms with Gasteiger partial charge in [0.2, 0.25) is 0 Å².